The molecule has 0 aliphatic heterocycles. The van der Waals surface area contributed by atoms with Crippen LogP contribution in [0.25, 0.3) is 0 Å². The quantitative estimate of drug-likeness (QED) is 0.823. The molecule has 4 nitrogen and oxygen atoms in total. The average Bonchev–Trinajstić information content (AvgIpc) is 2.95. The van der Waals surface area contributed by atoms with Gasteiger partial charge in [-0.2, -0.15) is 4.98 Å². The molecule has 94 valence electrons. The molecule has 0 aromatic carbocycles. The lowest BCUT2D eigenvalue weighted by molar-refractivity contribution is 0.263. The fraction of sp³-hybridized carbons (Fsp3) is 0.615. The number of hydrogen-bond donors (Lipinski definition) is 2. The number of hydrogen-bond acceptors (Lipinski definition) is 4. The van der Waals surface area contributed by atoms with Crippen LogP contribution < -0.4 is 15.8 Å². The van der Waals surface area contributed by atoms with Gasteiger partial charge in [0.2, 0.25) is 5.88 Å². The van der Waals surface area contributed by atoms with Gasteiger partial charge in [-0.3, -0.25) is 0 Å². The predicted molar refractivity (Wildman–Crippen MR) is 70.2 cm³/mol. The molecule has 0 saturated heterocycles. The summed E-state index contributed by atoms with van der Waals surface area (Å²) in [5.74, 6) is 2.61. The molecule has 1 aromatic rings. The largest absolute Gasteiger partial charge is 0.476 e. The van der Waals surface area contributed by atoms with E-state index in [4.69, 9.17) is 10.5 Å². The minimum absolute atomic E-state index is 0.469. The van der Waals surface area contributed by atoms with Crippen molar-refractivity contribution in [2.45, 2.75) is 33.2 Å². The second-order valence-corrected chi connectivity index (χ2v) is 5.26. The van der Waals surface area contributed by atoms with E-state index in [9.17, 15) is 0 Å². The summed E-state index contributed by atoms with van der Waals surface area (Å²) in [6.07, 6.45) is 1.22. The van der Waals surface area contributed by atoms with E-state index < -0.39 is 0 Å². The molecule has 0 radical (unpaired) electrons. The number of ether oxygens (including phenoxy) is 1. The zero-order valence-corrected chi connectivity index (χ0v) is 10.7. The lowest BCUT2D eigenvalue weighted by atomic mass is 10.2. The monoisotopic (exact) mass is 235 g/mol. The van der Waals surface area contributed by atoms with Crippen molar-refractivity contribution in [1.82, 2.24) is 4.98 Å². The Morgan fingerprint density at radius 1 is 1.53 bits per heavy atom. The van der Waals surface area contributed by atoms with E-state index in [1.54, 1.807) is 0 Å². The summed E-state index contributed by atoms with van der Waals surface area (Å²) in [6.45, 7) is 7.07. The fourth-order valence-corrected chi connectivity index (χ4v) is 1.61. The van der Waals surface area contributed by atoms with Gasteiger partial charge in [-0.05, 0) is 30.4 Å². The molecule has 1 heterocycles. The average molecular weight is 235 g/mol. The van der Waals surface area contributed by atoms with Gasteiger partial charge in [0.1, 0.15) is 5.82 Å². The van der Waals surface area contributed by atoms with Crippen LogP contribution in [-0.4, -0.2) is 17.6 Å². The topological polar surface area (TPSA) is 60.2 Å². The maximum atomic E-state index is 5.83. The highest BCUT2D eigenvalue weighted by Crippen LogP contribution is 2.33. The van der Waals surface area contributed by atoms with Crippen LogP contribution in [0.4, 0.5) is 11.5 Å². The first-order valence-corrected chi connectivity index (χ1v) is 6.22. The highest BCUT2D eigenvalue weighted by Gasteiger charge is 2.32. The molecule has 0 spiro atoms. The van der Waals surface area contributed by atoms with Crippen LogP contribution >= 0.6 is 0 Å². The molecule has 17 heavy (non-hydrogen) atoms. The smallest absolute Gasteiger partial charge is 0.239 e. The number of aromatic nitrogens is 1. The maximum Gasteiger partial charge on any atom is 0.239 e. The van der Waals surface area contributed by atoms with Crippen LogP contribution in [0.5, 0.6) is 5.88 Å². The van der Waals surface area contributed by atoms with Crippen molar-refractivity contribution < 1.29 is 4.74 Å². The summed E-state index contributed by atoms with van der Waals surface area (Å²) in [4.78, 5) is 4.40. The van der Waals surface area contributed by atoms with Crippen LogP contribution in [-0.2, 0) is 0 Å². The number of nitrogens with zero attached hydrogens (tertiary/aromatic N) is 1. The SMILES string of the molecule is CC(C)COc1nc(NC2CC2C)ccc1N. The van der Waals surface area contributed by atoms with Crippen molar-refractivity contribution in [2.75, 3.05) is 17.7 Å². The second-order valence-electron chi connectivity index (χ2n) is 5.26. The molecule has 1 aliphatic carbocycles. The van der Waals surface area contributed by atoms with Gasteiger partial charge in [-0.15, -0.1) is 0 Å². The number of nitrogens with two attached hydrogens (primary N) is 1. The molecule has 1 fully saturated rings. The van der Waals surface area contributed by atoms with Crippen molar-refractivity contribution in [3.63, 3.8) is 0 Å². The Kier molecular flexibility index (Phi) is 3.41. The van der Waals surface area contributed by atoms with Crippen molar-refractivity contribution >= 4 is 11.5 Å². The van der Waals surface area contributed by atoms with Crippen molar-refractivity contribution in [2.24, 2.45) is 11.8 Å². The second kappa shape index (κ2) is 4.82. The van der Waals surface area contributed by atoms with Gasteiger partial charge in [0, 0.05) is 6.04 Å². The van der Waals surface area contributed by atoms with Crippen LogP contribution in [0.2, 0.25) is 0 Å². The Morgan fingerprint density at radius 2 is 2.24 bits per heavy atom. The van der Waals surface area contributed by atoms with E-state index in [1.165, 1.54) is 6.42 Å². The molecule has 1 saturated carbocycles. The molecule has 2 rings (SSSR count). The third kappa shape index (κ3) is 3.25. The summed E-state index contributed by atoms with van der Waals surface area (Å²) in [6, 6.07) is 4.31. The Morgan fingerprint density at radius 3 is 2.82 bits per heavy atom. The summed E-state index contributed by atoms with van der Waals surface area (Å²) in [7, 11) is 0. The summed E-state index contributed by atoms with van der Waals surface area (Å²) < 4.78 is 5.59. The molecular formula is C13H21N3O. The maximum absolute atomic E-state index is 5.83. The minimum Gasteiger partial charge on any atom is -0.476 e. The van der Waals surface area contributed by atoms with Crippen LogP contribution in [0.1, 0.15) is 27.2 Å². The summed E-state index contributed by atoms with van der Waals surface area (Å²) in [5, 5.41) is 3.37. The van der Waals surface area contributed by atoms with E-state index in [0.717, 1.165) is 11.7 Å². The number of nitrogens with one attached hydrogen (secondary N) is 1. The van der Waals surface area contributed by atoms with Gasteiger partial charge in [0.05, 0.1) is 12.3 Å². The highest BCUT2D eigenvalue weighted by atomic mass is 16.5. The first kappa shape index (κ1) is 12.0. The Labute approximate surface area is 103 Å². The molecule has 0 amide bonds. The van der Waals surface area contributed by atoms with Crippen molar-refractivity contribution in [1.29, 1.82) is 0 Å². The van der Waals surface area contributed by atoms with E-state index in [-0.39, 0.29) is 0 Å². The summed E-state index contributed by atoms with van der Waals surface area (Å²) >= 11 is 0. The molecule has 1 aromatic heterocycles. The first-order valence-electron chi connectivity index (χ1n) is 6.22. The van der Waals surface area contributed by atoms with Gasteiger partial charge >= 0.3 is 0 Å². The van der Waals surface area contributed by atoms with E-state index >= 15 is 0 Å². The third-order valence-corrected chi connectivity index (χ3v) is 2.89. The standard InChI is InChI=1S/C13H21N3O/c1-8(2)7-17-13-10(14)4-5-12(16-13)15-11-6-9(11)3/h4-5,8-9,11H,6-7,14H2,1-3H3,(H,15,16). The van der Waals surface area contributed by atoms with Crippen LogP contribution in [0.15, 0.2) is 12.1 Å². The van der Waals surface area contributed by atoms with Gasteiger partial charge in [0.25, 0.3) is 0 Å². The van der Waals surface area contributed by atoms with Crippen molar-refractivity contribution in [3.05, 3.63) is 12.1 Å². The number of nitrogen functional groups attached to an aromatic ring is 1. The van der Waals surface area contributed by atoms with Crippen LogP contribution in [0.3, 0.4) is 0 Å². The molecule has 0 bridgehead atoms. The normalized spacial score (nSPS) is 22.6. The van der Waals surface area contributed by atoms with E-state index in [2.05, 4.69) is 31.1 Å². The van der Waals surface area contributed by atoms with Gasteiger partial charge in [-0.25, -0.2) is 0 Å². The zero-order valence-electron chi connectivity index (χ0n) is 10.7. The van der Waals surface area contributed by atoms with Gasteiger partial charge < -0.3 is 15.8 Å². The molecule has 2 atom stereocenters. The Balaban J connectivity index is 2.01. The zero-order chi connectivity index (χ0) is 12.4. The Hall–Kier alpha value is -1.45. The predicted octanol–water partition coefficient (Wildman–Crippen LogP) is 2.52. The lowest BCUT2D eigenvalue weighted by Gasteiger charge is -2.12. The molecular weight excluding hydrogens is 214 g/mol. The molecule has 4 heteroatoms. The molecule has 3 N–H and O–H groups in total. The lowest BCUT2D eigenvalue weighted by Crippen LogP contribution is -2.10. The number of rotatable bonds is 5. The van der Waals surface area contributed by atoms with E-state index in [1.807, 2.05) is 12.1 Å². The number of pyridine rings is 1. The van der Waals surface area contributed by atoms with Gasteiger partial charge in [-0.1, -0.05) is 20.8 Å². The molecule has 2 unspecified atom stereocenters. The third-order valence-electron chi connectivity index (χ3n) is 2.89. The first-order chi connectivity index (χ1) is 8.06. The highest BCUT2D eigenvalue weighted by molar-refractivity contribution is 5.54. The summed E-state index contributed by atoms with van der Waals surface area (Å²) in [5.41, 5.74) is 6.43. The number of anilines is 2. The minimum atomic E-state index is 0.469. The van der Waals surface area contributed by atoms with E-state index in [0.29, 0.717) is 30.1 Å². The molecule has 1 aliphatic rings. The van der Waals surface area contributed by atoms with Gasteiger partial charge in [0.15, 0.2) is 0 Å². The Bertz CT molecular complexity index is 392. The van der Waals surface area contributed by atoms with Crippen molar-refractivity contribution in [3.8, 4) is 5.88 Å². The fourth-order valence-electron chi connectivity index (χ4n) is 1.61. The van der Waals surface area contributed by atoms with Crippen LogP contribution in [0, 0.1) is 11.8 Å².